The van der Waals surface area contributed by atoms with Crippen molar-refractivity contribution in [2.24, 2.45) is 0 Å². The third kappa shape index (κ3) is 9.16. The molecule has 114 valence electrons. The molecule has 0 amide bonds. The Bertz CT molecular complexity index is 416. The fourth-order valence-corrected chi connectivity index (χ4v) is 2.11. The van der Waals surface area contributed by atoms with E-state index < -0.39 is 0 Å². The Morgan fingerprint density at radius 3 is 2.14 bits per heavy atom. The van der Waals surface area contributed by atoms with Gasteiger partial charge in [0.05, 0.1) is 10.8 Å². The van der Waals surface area contributed by atoms with Gasteiger partial charge in [0.1, 0.15) is 6.10 Å². The molecule has 0 aromatic carbocycles. The summed E-state index contributed by atoms with van der Waals surface area (Å²) in [7, 11) is 1.63. The predicted molar refractivity (Wildman–Crippen MR) is 71.5 cm³/mol. The summed E-state index contributed by atoms with van der Waals surface area (Å²) in [5, 5.41) is 1.91. The van der Waals surface area contributed by atoms with E-state index in [-0.39, 0.29) is 22.9 Å². The Morgan fingerprint density at radius 1 is 1.18 bits per heavy atom. The van der Waals surface area contributed by atoms with E-state index in [1.807, 2.05) is 36.8 Å². The van der Waals surface area contributed by atoms with Crippen molar-refractivity contribution in [2.45, 2.75) is 6.42 Å². The van der Waals surface area contributed by atoms with Crippen molar-refractivity contribution in [1.29, 1.82) is 0 Å². The van der Waals surface area contributed by atoms with Gasteiger partial charge in [-0.1, -0.05) is 6.07 Å². The van der Waals surface area contributed by atoms with E-state index >= 15 is 0 Å². The summed E-state index contributed by atoms with van der Waals surface area (Å²) in [5.41, 5.74) is 0. The van der Waals surface area contributed by atoms with Gasteiger partial charge >= 0.3 is 33.9 Å². The second kappa shape index (κ2) is 18.1. The van der Waals surface area contributed by atoms with Crippen LogP contribution in [0.4, 0.5) is 0 Å². The molecule has 1 aromatic heterocycles. The summed E-state index contributed by atoms with van der Waals surface area (Å²) in [5.74, 6) is 0.936. The standard InChI is InChI=1S/C12H11O2S.3CO.Mn/c1-14-10-6-4-9(5-7-10)12(13)11-3-2-8-15-11;3*1-2;/h2-4,6-8H,5H2,1H3;;;;. The summed E-state index contributed by atoms with van der Waals surface area (Å²) in [4.78, 5) is 12.7. The van der Waals surface area contributed by atoms with E-state index in [9.17, 15) is 4.79 Å². The molecule has 22 heavy (non-hydrogen) atoms. The maximum atomic E-state index is 11.9. The van der Waals surface area contributed by atoms with Gasteiger partial charge in [-0.15, -0.1) is 11.3 Å². The van der Waals surface area contributed by atoms with Gasteiger partial charge < -0.3 is 4.74 Å². The van der Waals surface area contributed by atoms with Gasteiger partial charge in [0, 0.05) is 30.6 Å². The van der Waals surface area contributed by atoms with E-state index in [1.54, 1.807) is 7.11 Å². The van der Waals surface area contributed by atoms with Crippen LogP contribution >= 0.6 is 11.3 Å². The molecule has 7 heteroatoms. The molecule has 0 bridgehead atoms. The molecule has 1 aliphatic rings. The molecule has 0 atom stereocenters. The molecule has 5 nitrogen and oxygen atoms in total. The number of rotatable bonds is 3. The van der Waals surface area contributed by atoms with Gasteiger partial charge in [0.15, 0.2) is 5.78 Å². The van der Waals surface area contributed by atoms with Crippen molar-refractivity contribution >= 4 is 17.1 Å². The summed E-state index contributed by atoms with van der Waals surface area (Å²) in [6, 6.07) is 3.74. The molecule has 1 heterocycles. The van der Waals surface area contributed by atoms with Crippen LogP contribution in [-0.2, 0) is 35.8 Å². The zero-order chi connectivity index (χ0) is 16.7. The fraction of sp³-hybridized carbons (Fsp3) is 0.133. The summed E-state index contributed by atoms with van der Waals surface area (Å²) < 4.78 is 27.6. The SMILES string of the molecule is CO[C]1[CH][CH][C](C(=O)c2cccs2)C[CH]1.[C-]#[O+].[C-]#[O+].[C-]#[O+].[Mn]. The Morgan fingerprint density at radius 2 is 1.77 bits per heavy atom. The quantitative estimate of drug-likeness (QED) is 0.360. The average Bonchev–Trinajstić information content (AvgIpc) is 3.14. The van der Waals surface area contributed by atoms with Crippen molar-refractivity contribution in [2.75, 3.05) is 7.11 Å². The summed E-state index contributed by atoms with van der Waals surface area (Å²) in [6.45, 7) is 13.5. The van der Waals surface area contributed by atoms with Crippen molar-refractivity contribution in [3.05, 3.63) is 73.6 Å². The molecule has 0 N–H and O–H groups in total. The largest absolute Gasteiger partial charge is 0 e. The Kier molecular flexibility index (Phi) is 21.4. The second-order valence-electron chi connectivity index (χ2n) is 3.18. The predicted octanol–water partition coefficient (Wildman–Crippen LogP) is 2.59. The molecule has 6 radical (unpaired) electrons. The topological polar surface area (TPSA) is 86.0 Å². The smallest absolute Gasteiger partial charge is 0 e. The van der Waals surface area contributed by atoms with Crippen molar-refractivity contribution in [3.63, 3.8) is 0 Å². The number of hydrogen-bond acceptors (Lipinski definition) is 3. The van der Waals surface area contributed by atoms with E-state index in [0.717, 1.165) is 16.9 Å². The molecular formula is C15H11MnO5S. The molecule has 0 saturated heterocycles. The number of Topliss-reactive ketones (excluding diaryl/α,β-unsaturated/α-hetero) is 1. The molecule has 2 rings (SSSR count). The number of ether oxygens (including phenoxy) is 1. The molecule has 0 unspecified atom stereocenters. The van der Waals surface area contributed by atoms with Crippen LogP contribution in [0.15, 0.2) is 17.5 Å². The van der Waals surface area contributed by atoms with Crippen LogP contribution in [0.5, 0.6) is 0 Å². The molecule has 1 saturated carbocycles. The maximum Gasteiger partial charge on any atom is 0 e. The first-order valence-electron chi connectivity index (χ1n) is 5.29. The van der Waals surface area contributed by atoms with Crippen LogP contribution < -0.4 is 0 Å². The molecule has 1 aromatic rings. The first-order valence-corrected chi connectivity index (χ1v) is 6.16. The fourth-order valence-electron chi connectivity index (χ4n) is 1.42. The molecule has 0 spiro atoms. The minimum atomic E-state index is 0. The first-order chi connectivity index (χ1) is 10.3. The van der Waals surface area contributed by atoms with E-state index in [0.29, 0.717) is 6.42 Å². The van der Waals surface area contributed by atoms with Crippen molar-refractivity contribution in [3.8, 4) is 0 Å². The minimum absolute atomic E-state index is 0. The van der Waals surface area contributed by atoms with Crippen molar-refractivity contribution < 1.29 is 40.6 Å². The van der Waals surface area contributed by atoms with Crippen molar-refractivity contribution in [1.82, 2.24) is 0 Å². The Labute approximate surface area is 145 Å². The van der Waals surface area contributed by atoms with Gasteiger partial charge in [-0.2, -0.15) is 0 Å². The molecule has 1 fully saturated rings. The molecule has 1 aliphatic carbocycles. The second-order valence-corrected chi connectivity index (χ2v) is 4.13. The number of hydrogen-bond donors (Lipinski definition) is 0. The van der Waals surface area contributed by atoms with E-state index in [4.69, 9.17) is 18.7 Å². The summed E-state index contributed by atoms with van der Waals surface area (Å²) in [6.07, 6.45) is 7.04. The summed E-state index contributed by atoms with van der Waals surface area (Å²) >= 11 is 1.48. The zero-order valence-electron chi connectivity index (χ0n) is 11.5. The number of carbonyl (C=O) groups excluding carboxylic acids is 1. The third-order valence-electron chi connectivity index (χ3n) is 2.24. The zero-order valence-corrected chi connectivity index (χ0v) is 13.5. The Balaban J connectivity index is -0.000000463. The van der Waals surface area contributed by atoms with Gasteiger partial charge in [-0.05, 0) is 30.7 Å². The van der Waals surface area contributed by atoms with Crippen LogP contribution in [0, 0.1) is 51.2 Å². The van der Waals surface area contributed by atoms with Gasteiger partial charge in [-0.3, -0.25) is 4.79 Å². The van der Waals surface area contributed by atoms with E-state index in [2.05, 4.69) is 20.0 Å². The van der Waals surface area contributed by atoms with Crippen LogP contribution in [0.1, 0.15) is 16.1 Å². The van der Waals surface area contributed by atoms with Crippen LogP contribution in [-0.4, -0.2) is 12.9 Å². The van der Waals surface area contributed by atoms with Crippen LogP contribution in [0.2, 0.25) is 0 Å². The van der Waals surface area contributed by atoms with Crippen LogP contribution in [0.25, 0.3) is 0 Å². The molecular weight excluding hydrogens is 347 g/mol. The number of thiophene rings is 1. The maximum absolute atomic E-state index is 11.9. The third-order valence-corrected chi connectivity index (χ3v) is 3.11. The molecule has 0 aliphatic heterocycles. The monoisotopic (exact) mass is 358 g/mol. The normalized spacial score (nSPS) is 13.4. The van der Waals surface area contributed by atoms with Crippen LogP contribution in [0.3, 0.4) is 0 Å². The van der Waals surface area contributed by atoms with Gasteiger partial charge in [-0.25, -0.2) is 0 Å². The number of ketones is 1. The number of methoxy groups -OCH3 is 1. The van der Waals surface area contributed by atoms with Gasteiger partial charge in [0.25, 0.3) is 0 Å². The van der Waals surface area contributed by atoms with E-state index in [1.165, 1.54) is 11.3 Å². The average molecular weight is 358 g/mol. The first kappa shape index (κ1) is 26.0. The number of carbonyl (C=O) groups is 1. The Hall–Kier alpha value is -0.931. The van der Waals surface area contributed by atoms with Gasteiger partial charge in [0.2, 0.25) is 0 Å². The minimum Gasteiger partial charge on any atom is 0 e.